The van der Waals surface area contributed by atoms with Crippen LogP contribution in [0.25, 0.3) is 0 Å². The third-order valence-corrected chi connectivity index (χ3v) is 4.21. The molecule has 6 heteroatoms. The first-order chi connectivity index (χ1) is 10.3. The summed E-state index contributed by atoms with van der Waals surface area (Å²) in [6.45, 7) is 6.65. The van der Waals surface area contributed by atoms with Gasteiger partial charge in [0, 0.05) is 32.7 Å². The number of aromatic amines is 1. The molecule has 0 unspecified atom stereocenters. The van der Waals surface area contributed by atoms with Crippen molar-refractivity contribution in [2.45, 2.75) is 51.2 Å². The molecule has 2 atom stereocenters. The molecule has 118 valence electrons. The largest absolute Gasteiger partial charge is 0.377 e. The van der Waals surface area contributed by atoms with Gasteiger partial charge in [-0.15, -0.1) is 0 Å². The van der Waals surface area contributed by atoms with Gasteiger partial charge in [0.15, 0.2) is 5.82 Å². The van der Waals surface area contributed by atoms with E-state index in [1.165, 1.54) is 19.3 Å². The van der Waals surface area contributed by atoms with E-state index in [1.807, 2.05) is 0 Å². The summed E-state index contributed by atoms with van der Waals surface area (Å²) in [6, 6.07) is 0. The number of nitrogens with zero attached hydrogens (tertiary/aromatic N) is 3. The molecule has 3 rings (SSSR count). The molecule has 21 heavy (non-hydrogen) atoms. The first kappa shape index (κ1) is 14.9. The number of hydrogen-bond donors (Lipinski definition) is 1. The summed E-state index contributed by atoms with van der Waals surface area (Å²) in [4.78, 5) is 6.99. The van der Waals surface area contributed by atoms with Crippen molar-refractivity contribution in [1.82, 2.24) is 20.1 Å². The standard InChI is InChI=1S/C15H26N4O2/c1-2-5-14-16-15(18-17-14)13-11-19(7-9-21-13)10-12-6-3-4-8-20-12/h12-13H,2-11H2,1H3,(H,16,17,18)/t12-,13+/m1/s1. The molecule has 0 saturated carbocycles. The lowest BCUT2D eigenvalue weighted by atomic mass is 10.1. The Kier molecular flexibility index (Phi) is 5.22. The molecule has 0 spiro atoms. The van der Waals surface area contributed by atoms with Gasteiger partial charge in [0.05, 0.1) is 12.7 Å². The molecule has 0 amide bonds. The van der Waals surface area contributed by atoms with Crippen LogP contribution in [0.15, 0.2) is 0 Å². The van der Waals surface area contributed by atoms with E-state index in [4.69, 9.17) is 9.47 Å². The SMILES string of the molecule is CCCc1nc([C@@H]2CN(C[C@H]3CCCCO3)CCO2)n[nH]1. The van der Waals surface area contributed by atoms with Gasteiger partial charge in [0.25, 0.3) is 0 Å². The second-order valence-electron chi connectivity index (χ2n) is 6.00. The molecule has 1 aromatic rings. The molecule has 2 fully saturated rings. The Morgan fingerprint density at radius 1 is 1.29 bits per heavy atom. The maximum absolute atomic E-state index is 5.85. The molecule has 0 aromatic carbocycles. The van der Waals surface area contributed by atoms with E-state index in [0.717, 1.165) is 57.3 Å². The molecule has 6 nitrogen and oxygen atoms in total. The van der Waals surface area contributed by atoms with Gasteiger partial charge in [-0.05, 0) is 25.7 Å². The van der Waals surface area contributed by atoms with Crippen molar-refractivity contribution in [2.24, 2.45) is 0 Å². The van der Waals surface area contributed by atoms with Crippen molar-refractivity contribution in [3.63, 3.8) is 0 Å². The highest BCUT2D eigenvalue weighted by molar-refractivity contribution is 4.97. The lowest BCUT2D eigenvalue weighted by molar-refractivity contribution is -0.0636. The van der Waals surface area contributed by atoms with Crippen LogP contribution in [0.1, 0.15) is 50.4 Å². The van der Waals surface area contributed by atoms with E-state index in [9.17, 15) is 0 Å². The van der Waals surface area contributed by atoms with Gasteiger partial charge in [-0.3, -0.25) is 10.00 Å². The van der Waals surface area contributed by atoms with Crippen molar-refractivity contribution < 1.29 is 9.47 Å². The molecular weight excluding hydrogens is 268 g/mol. The van der Waals surface area contributed by atoms with Crippen LogP contribution in [0.5, 0.6) is 0 Å². The maximum Gasteiger partial charge on any atom is 0.180 e. The predicted octanol–water partition coefficient (Wildman–Crippen LogP) is 1.70. The van der Waals surface area contributed by atoms with Crippen LogP contribution < -0.4 is 0 Å². The third kappa shape index (κ3) is 4.02. The van der Waals surface area contributed by atoms with Crippen LogP contribution in [0.2, 0.25) is 0 Å². The lowest BCUT2D eigenvalue weighted by Gasteiger charge is -2.35. The average molecular weight is 294 g/mol. The number of rotatable bonds is 5. The van der Waals surface area contributed by atoms with Crippen LogP contribution >= 0.6 is 0 Å². The number of morpholine rings is 1. The van der Waals surface area contributed by atoms with Gasteiger partial charge in [-0.1, -0.05) is 6.92 Å². The fraction of sp³-hybridized carbons (Fsp3) is 0.867. The minimum atomic E-state index is -0.0100. The van der Waals surface area contributed by atoms with Gasteiger partial charge in [0.2, 0.25) is 0 Å². The average Bonchev–Trinajstić information content (AvgIpc) is 2.98. The topological polar surface area (TPSA) is 63.3 Å². The number of aromatic nitrogens is 3. The summed E-state index contributed by atoms with van der Waals surface area (Å²) < 4.78 is 11.7. The zero-order valence-electron chi connectivity index (χ0n) is 12.9. The van der Waals surface area contributed by atoms with Crippen LogP contribution in [-0.2, 0) is 15.9 Å². The minimum Gasteiger partial charge on any atom is -0.377 e. The zero-order chi connectivity index (χ0) is 14.5. The fourth-order valence-electron chi connectivity index (χ4n) is 3.07. The second kappa shape index (κ2) is 7.33. The Morgan fingerprint density at radius 2 is 2.24 bits per heavy atom. The van der Waals surface area contributed by atoms with Gasteiger partial charge in [-0.25, -0.2) is 4.98 Å². The summed E-state index contributed by atoms with van der Waals surface area (Å²) in [5.41, 5.74) is 0. The van der Waals surface area contributed by atoms with E-state index >= 15 is 0 Å². The molecule has 0 bridgehead atoms. The molecule has 2 aliphatic heterocycles. The van der Waals surface area contributed by atoms with E-state index < -0.39 is 0 Å². The first-order valence-corrected chi connectivity index (χ1v) is 8.22. The van der Waals surface area contributed by atoms with Crippen LogP contribution in [-0.4, -0.2) is 59.0 Å². The summed E-state index contributed by atoms with van der Waals surface area (Å²) in [5, 5.41) is 7.34. The summed E-state index contributed by atoms with van der Waals surface area (Å²) >= 11 is 0. The van der Waals surface area contributed by atoms with Gasteiger partial charge >= 0.3 is 0 Å². The van der Waals surface area contributed by atoms with Gasteiger partial charge in [-0.2, -0.15) is 5.10 Å². The second-order valence-corrected chi connectivity index (χ2v) is 6.00. The van der Waals surface area contributed by atoms with Crippen molar-refractivity contribution in [1.29, 1.82) is 0 Å². The maximum atomic E-state index is 5.85. The monoisotopic (exact) mass is 294 g/mol. The Hall–Kier alpha value is -0.980. The third-order valence-electron chi connectivity index (χ3n) is 4.21. The number of ether oxygens (including phenoxy) is 2. The van der Waals surface area contributed by atoms with E-state index in [0.29, 0.717) is 6.10 Å². The van der Waals surface area contributed by atoms with Crippen molar-refractivity contribution in [3.8, 4) is 0 Å². The lowest BCUT2D eigenvalue weighted by Crippen LogP contribution is -2.43. The van der Waals surface area contributed by atoms with E-state index in [2.05, 4.69) is 27.0 Å². The molecule has 0 radical (unpaired) electrons. The van der Waals surface area contributed by atoms with Crippen molar-refractivity contribution in [3.05, 3.63) is 11.6 Å². The Balaban J connectivity index is 1.54. The van der Waals surface area contributed by atoms with Crippen molar-refractivity contribution in [2.75, 3.05) is 32.8 Å². The predicted molar refractivity (Wildman–Crippen MR) is 79.1 cm³/mol. The molecule has 1 N–H and O–H groups in total. The van der Waals surface area contributed by atoms with Crippen LogP contribution in [0.4, 0.5) is 0 Å². The number of H-pyrrole nitrogens is 1. The molecular formula is C15H26N4O2. The first-order valence-electron chi connectivity index (χ1n) is 8.22. The highest BCUT2D eigenvalue weighted by Gasteiger charge is 2.27. The molecule has 0 aliphatic carbocycles. The van der Waals surface area contributed by atoms with E-state index in [1.54, 1.807) is 0 Å². The fourth-order valence-corrected chi connectivity index (χ4v) is 3.07. The molecule has 2 saturated heterocycles. The summed E-state index contributed by atoms with van der Waals surface area (Å²) in [6.07, 6.45) is 6.08. The highest BCUT2D eigenvalue weighted by atomic mass is 16.5. The number of nitrogens with one attached hydrogen (secondary N) is 1. The van der Waals surface area contributed by atoms with Gasteiger partial charge < -0.3 is 9.47 Å². The van der Waals surface area contributed by atoms with Gasteiger partial charge in [0.1, 0.15) is 11.9 Å². The summed E-state index contributed by atoms with van der Waals surface area (Å²) in [5.74, 6) is 1.76. The minimum absolute atomic E-state index is 0.0100. The molecule has 2 aliphatic rings. The highest BCUT2D eigenvalue weighted by Crippen LogP contribution is 2.21. The van der Waals surface area contributed by atoms with Crippen molar-refractivity contribution >= 4 is 0 Å². The Bertz CT molecular complexity index is 431. The van der Waals surface area contributed by atoms with Crippen LogP contribution in [0.3, 0.4) is 0 Å². The Morgan fingerprint density at radius 3 is 3.05 bits per heavy atom. The summed E-state index contributed by atoms with van der Waals surface area (Å²) in [7, 11) is 0. The Labute approximate surface area is 126 Å². The molecule has 1 aromatic heterocycles. The smallest absolute Gasteiger partial charge is 0.180 e. The number of hydrogen-bond acceptors (Lipinski definition) is 5. The normalized spacial score (nSPS) is 27.9. The van der Waals surface area contributed by atoms with E-state index in [-0.39, 0.29) is 6.10 Å². The zero-order valence-corrected chi connectivity index (χ0v) is 12.9. The quantitative estimate of drug-likeness (QED) is 0.895. The van der Waals surface area contributed by atoms with Crippen LogP contribution in [0, 0.1) is 0 Å². The number of aryl methyl sites for hydroxylation is 1. The molecule has 3 heterocycles.